The van der Waals surface area contributed by atoms with Gasteiger partial charge >= 0.3 is 0 Å². The molecule has 0 radical (unpaired) electrons. The first-order valence-corrected chi connectivity index (χ1v) is 7.09. The summed E-state index contributed by atoms with van der Waals surface area (Å²) < 4.78 is 13.4. The molecule has 0 aliphatic rings. The van der Waals surface area contributed by atoms with Crippen LogP contribution in [-0.2, 0) is 6.42 Å². The Morgan fingerprint density at radius 1 is 1.30 bits per heavy atom. The van der Waals surface area contributed by atoms with Crippen molar-refractivity contribution in [1.29, 1.82) is 0 Å². The molecular formula is C17H21FN2. The molecule has 0 bridgehead atoms. The van der Waals surface area contributed by atoms with Gasteiger partial charge in [0, 0.05) is 18.4 Å². The molecule has 0 aliphatic heterocycles. The standard InChI is InChI=1S/C17H21FN2/c1-3-8-20-17(11-14-5-4-9-19-12-14)15-6-7-16(18)13(2)10-15/h4-7,9-10,12,17,20H,3,8,11H2,1-2H3. The quantitative estimate of drug-likeness (QED) is 0.865. The van der Waals surface area contributed by atoms with Gasteiger partial charge in [0.2, 0.25) is 0 Å². The number of halogens is 1. The van der Waals surface area contributed by atoms with Crippen molar-refractivity contribution >= 4 is 0 Å². The number of aromatic nitrogens is 1. The molecule has 0 spiro atoms. The Labute approximate surface area is 120 Å². The molecule has 20 heavy (non-hydrogen) atoms. The van der Waals surface area contributed by atoms with Crippen LogP contribution in [0.25, 0.3) is 0 Å². The van der Waals surface area contributed by atoms with Gasteiger partial charge in [-0.2, -0.15) is 0 Å². The highest BCUT2D eigenvalue weighted by atomic mass is 19.1. The molecule has 106 valence electrons. The van der Waals surface area contributed by atoms with Crippen LogP contribution in [0.2, 0.25) is 0 Å². The summed E-state index contributed by atoms with van der Waals surface area (Å²) in [4.78, 5) is 4.16. The number of aryl methyl sites for hydroxylation is 1. The van der Waals surface area contributed by atoms with Gasteiger partial charge in [-0.05, 0) is 55.1 Å². The Hall–Kier alpha value is -1.74. The molecule has 1 atom stereocenters. The Balaban J connectivity index is 2.20. The van der Waals surface area contributed by atoms with Crippen molar-refractivity contribution in [3.63, 3.8) is 0 Å². The summed E-state index contributed by atoms with van der Waals surface area (Å²) in [5.74, 6) is -0.149. The van der Waals surface area contributed by atoms with Gasteiger partial charge in [0.05, 0.1) is 0 Å². The lowest BCUT2D eigenvalue weighted by Crippen LogP contribution is -2.24. The second-order valence-electron chi connectivity index (χ2n) is 5.08. The lowest BCUT2D eigenvalue weighted by Gasteiger charge is -2.19. The molecular weight excluding hydrogens is 251 g/mol. The van der Waals surface area contributed by atoms with E-state index in [1.54, 1.807) is 19.2 Å². The Morgan fingerprint density at radius 2 is 2.15 bits per heavy atom. The number of hydrogen-bond acceptors (Lipinski definition) is 2. The molecule has 2 aromatic rings. The molecule has 0 fully saturated rings. The van der Waals surface area contributed by atoms with E-state index in [0.29, 0.717) is 5.56 Å². The van der Waals surface area contributed by atoms with E-state index in [0.717, 1.165) is 24.9 Å². The molecule has 0 amide bonds. The van der Waals surface area contributed by atoms with E-state index in [-0.39, 0.29) is 11.9 Å². The van der Waals surface area contributed by atoms with Gasteiger partial charge in [-0.1, -0.05) is 25.1 Å². The van der Waals surface area contributed by atoms with Crippen LogP contribution in [-0.4, -0.2) is 11.5 Å². The average Bonchev–Trinajstić information content (AvgIpc) is 2.47. The summed E-state index contributed by atoms with van der Waals surface area (Å²) in [5.41, 5.74) is 3.00. The van der Waals surface area contributed by atoms with Gasteiger partial charge in [-0.3, -0.25) is 4.98 Å². The van der Waals surface area contributed by atoms with Crippen molar-refractivity contribution in [2.45, 2.75) is 32.7 Å². The van der Waals surface area contributed by atoms with Crippen LogP contribution in [0.1, 0.15) is 36.1 Å². The minimum Gasteiger partial charge on any atom is -0.310 e. The monoisotopic (exact) mass is 272 g/mol. The first kappa shape index (κ1) is 14.7. The number of nitrogens with zero attached hydrogens (tertiary/aromatic N) is 1. The van der Waals surface area contributed by atoms with Crippen LogP contribution in [0.4, 0.5) is 4.39 Å². The highest BCUT2D eigenvalue weighted by Gasteiger charge is 2.13. The maximum absolute atomic E-state index is 13.4. The van der Waals surface area contributed by atoms with Crippen LogP contribution >= 0.6 is 0 Å². The second-order valence-corrected chi connectivity index (χ2v) is 5.08. The van der Waals surface area contributed by atoms with E-state index in [1.807, 2.05) is 24.4 Å². The van der Waals surface area contributed by atoms with Crippen molar-refractivity contribution in [3.8, 4) is 0 Å². The zero-order chi connectivity index (χ0) is 14.4. The maximum Gasteiger partial charge on any atom is 0.126 e. The maximum atomic E-state index is 13.4. The van der Waals surface area contributed by atoms with Crippen LogP contribution < -0.4 is 5.32 Å². The Morgan fingerprint density at radius 3 is 2.80 bits per heavy atom. The molecule has 1 heterocycles. The Bertz CT molecular complexity index is 540. The van der Waals surface area contributed by atoms with Crippen LogP contribution in [0, 0.1) is 12.7 Å². The highest BCUT2D eigenvalue weighted by molar-refractivity contribution is 5.28. The molecule has 1 aromatic carbocycles. The number of nitrogens with one attached hydrogen (secondary N) is 1. The largest absolute Gasteiger partial charge is 0.310 e. The zero-order valence-corrected chi connectivity index (χ0v) is 12.1. The van der Waals surface area contributed by atoms with E-state index in [2.05, 4.69) is 23.3 Å². The average molecular weight is 272 g/mol. The molecule has 2 rings (SSSR count). The van der Waals surface area contributed by atoms with Crippen molar-refractivity contribution in [1.82, 2.24) is 10.3 Å². The first-order chi connectivity index (χ1) is 9.70. The van der Waals surface area contributed by atoms with E-state index < -0.39 is 0 Å². The zero-order valence-electron chi connectivity index (χ0n) is 12.1. The van der Waals surface area contributed by atoms with Crippen molar-refractivity contribution in [2.75, 3.05) is 6.54 Å². The predicted octanol–water partition coefficient (Wildman–Crippen LogP) is 3.81. The fraction of sp³-hybridized carbons (Fsp3) is 0.353. The van der Waals surface area contributed by atoms with Gasteiger partial charge in [-0.25, -0.2) is 4.39 Å². The molecule has 2 nitrogen and oxygen atoms in total. The molecule has 0 saturated carbocycles. The lowest BCUT2D eigenvalue weighted by molar-refractivity contribution is 0.526. The van der Waals surface area contributed by atoms with Gasteiger partial charge in [0.15, 0.2) is 0 Å². The van der Waals surface area contributed by atoms with E-state index in [4.69, 9.17) is 0 Å². The SMILES string of the molecule is CCCNC(Cc1cccnc1)c1ccc(F)c(C)c1. The summed E-state index contributed by atoms with van der Waals surface area (Å²) in [6.07, 6.45) is 5.60. The molecule has 0 aliphatic carbocycles. The fourth-order valence-electron chi connectivity index (χ4n) is 2.27. The van der Waals surface area contributed by atoms with Gasteiger partial charge < -0.3 is 5.32 Å². The van der Waals surface area contributed by atoms with E-state index in [9.17, 15) is 4.39 Å². The summed E-state index contributed by atoms with van der Waals surface area (Å²) >= 11 is 0. The number of pyridine rings is 1. The van der Waals surface area contributed by atoms with Crippen molar-refractivity contribution < 1.29 is 4.39 Å². The lowest BCUT2D eigenvalue weighted by atomic mass is 9.98. The van der Waals surface area contributed by atoms with Crippen LogP contribution in [0.5, 0.6) is 0 Å². The van der Waals surface area contributed by atoms with Crippen LogP contribution in [0.3, 0.4) is 0 Å². The van der Waals surface area contributed by atoms with E-state index in [1.165, 1.54) is 5.56 Å². The molecule has 1 aromatic heterocycles. The number of rotatable bonds is 6. The third-order valence-corrected chi connectivity index (χ3v) is 3.39. The fourth-order valence-corrected chi connectivity index (χ4v) is 2.27. The van der Waals surface area contributed by atoms with Gasteiger partial charge in [0.25, 0.3) is 0 Å². The third kappa shape index (κ3) is 3.87. The molecule has 3 heteroatoms. The number of hydrogen-bond donors (Lipinski definition) is 1. The highest BCUT2D eigenvalue weighted by Crippen LogP contribution is 2.20. The summed E-state index contributed by atoms with van der Waals surface area (Å²) in [5, 5.41) is 3.53. The molecule has 1 N–H and O–H groups in total. The summed E-state index contributed by atoms with van der Waals surface area (Å²) in [6, 6.07) is 9.56. The third-order valence-electron chi connectivity index (χ3n) is 3.39. The molecule has 0 saturated heterocycles. The minimum absolute atomic E-state index is 0.149. The smallest absolute Gasteiger partial charge is 0.126 e. The normalized spacial score (nSPS) is 12.3. The summed E-state index contributed by atoms with van der Waals surface area (Å²) in [6.45, 7) is 4.89. The van der Waals surface area contributed by atoms with Crippen molar-refractivity contribution in [2.24, 2.45) is 0 Å². The molecule has 1 unspecified atom stereocenters. The minimum atomic E-state index is -0.149. The Kier molecular flexibility index (Phi) is 5.24. The van der Waals surface area contributed by atoms with Crippen molar-refractivity contribution in [3.05, 3.63) is 65.2 Å². The van der Waals surface area contributed by atoms with Crippen LogP contribution in [0.15, 0.2) is 42.7 Å². The number of benzene rings is 1. The van der Waals surface area contributed by atoms with E-state index >= 15 is 0 Å². The first-order valence-electron chi connectivity index (χ1n) is 7.09. The predicted molar refractivity (Wildman–Crippen MR) is 80.1 cm³/mol. The summed E-state index contributed by atoms with van der Waals surface area (Å²) in [7, 11) is 0. The van der Waals surface area contributed by atoms with Gasteiger partial charge in [-0.15, -0.1) is 0 Å². The van der Waals surface area contributed by atoms with Gasteiger partial charge in [0.1, 0.15) is 5.82 Å². The second kappa shape index (κ2) is 7.15. The topological polar surface area (TPSA) is 24.9 Å².